The lowest BCUT2D eigenvalue weighted by molar-refractivity contribution is 0.565. The number of hydrogen-bond acceptors (Lipinski definition) is 3. The number of aliphatic imine (C=N–C) groups is 1. The zero-order chi connectivity index (χ0) is 10.5. The lowest BCUT2D eigenvalue weighted by Gasteiger charge is -1.99. The number of aromatic nitrogens is 1. The Morgan fingerprint density at radius 1 is 1.07 bits per heavy atom. The van der Waals surface area contributed by atoms with Gasteiger partial charge in [0.15, 0.2) is 0 Å². The zero-order valence-corrected chi connectivity index (χ0v) is 7.92. The molecule has 0 radical (unpaired) electrons. The van der Waals surface area contributed by atoms with E-state index in [1.807, 2.05) is 30.3 Å². The van der Waals surface area contributed by atoms with Crippen LogP contribution in [-0.2, 0) is 4.79 Å². The van der Waals surface area contributed by atoms with Crippen molar-refractivity contribution in [3.05, 3.63) is 48.7 Å². The van der Waals surface area contributed by atoms with Crippen molar-refractivity contribution in [3.63, 3.8) is 0 Å². The summed E-state index contributed by atoms with van der Waals surface area (Å²) in [6.45, 7) is 0. The first-order valence-corrected chi connectivity index (χ1v) is 4.49. The number of isocyanates is 1. The predicted octanol–water partition coefficient (Wildman–Crippen LogP) is 2.72. The van der Waals surface area contributed by atoms with E-state index in [9.17, 15) is 4.79 Å². The summed E-state index contributed by atoms with van der Waals surface area (Å²) in [5.74, 6) is 0. The summed E-state index contributed by atoms with van der Waals surface area (Å²) in [5, 5.41) is 0. The number of carbonyl (C=O) groups excluding carboxylic acids is 1. The summed E-state index contributed by atoms with van der Waals surface area (Å²) in [4.78, 5) is 17.8. The molecule has 0 saturated carbocycles. The molecule has 0 aliphatic carbocycles. The van der Waals surface area contributed by atoms with Gasteiger partial charge >= 0.3 is 0 Å². The molecule has 0 aliphatic heterocycles. The summed E-state index contributed by atoms with van der Waals surface area (Å²) >= 11 is 0. The molecule has 0 saturated heterocycles. The molecule has 0 N–H and O–H groups in total. The fourth-order valence-electron chi connectivity index (χ4n) is 1.29. The molecular formula is C12H8N2O. The quantitative estimate of drug-likeness (QED) is 0.547. The number of hydrogen-bond donors (Lipinski definition) is 0. The maximum Gasteiger partial charge on any atom is 0.240 e. The average molecular weight is 196 g/mol. The Hall–Kier alpha value is -2.25. The number of rotatable bonds is 2. The SMILES string of the molecule is O=C=Nc1ccc(-c2ccccn2)cc1. The van der Waals surface area contributed by atoms with Gasteiger partial charge in [0.1, 0.15) is 0 Å². The molecule has 3 heteroatoms. The fraction of sp³-hybridized carbons (Fsp3) is 0. The Bertz CT molecular complexity index is 485. The van der Waals surface area contributed by atoms with E-state index in [2.05, 4.69) is 9.98 Å². The van der Waals surface area contributed by atoms with Crippen LogP contribution in [0.2, 0.25) is 0 Å². The summed E-state index contributed by atoms with van der Waals surface area (Å²) in [5.41, 5.74) is 2.50. The first-order chi connectivity index (χ1) is 7.40. The molecule has 1 aromatic carbocycles. The number of benzene rings is 1. The summed E-state index contributed by atoms with van der Waals surface area (Å²) in [6, 6.07) is 13.0. The van der Waals surface area contributed by atoms with Gasteiger partial charge in [0.05, 0.1) is 11.4 Å². The van der Waals surface area contributed by atoms with Crippen LogP contribution in [0.5, 0.6) is 0 Å². The minimum atomic E-state index is 0.602. The van der Waals surface area contributed by atoms with Gasteiger partial charge in [-0.1, -0.05) is 18.2 Å². The van der Waals surface area contributed by atoms with Crippen molar-refractivity contribution in [1.82, 2.24) is 4.98 Å². The van der Waals surface area contributed by atoms with E-state index in [1.54, 1.807) is 18.3 Å². The van der Waals surface area contributed by atoms with Crippen molar-refractivity contribution in [2.45, 2.75) is 0 Å². The maximum absolute atomic E-state index is 10.0. The van der Waals surface area contributed by atoms with Gasteiger partial charge in [-0.2, -0.15) is 4.99 Å². The monoisotopic (exact) mass is 196 g/mol. The third kappa shape index (κ3) is 2.16. The van der Waals surface area contributed by atoms with Gasteiger partial charge in [0, 0.05) is 11.8 Å². The molecule has 2 rings (SSSR count). The Morgan fingerprint density at radius 3 is 2.47 bits per heavy atom. The zero-order valence-electron chi connectivity index (χ0n) is 7.92. The first-order valence-electron chi connectivity index (χ1n) is 4.49. The molecule has 1 aromatic heterocycles. The Morgan fingerprint density at radius 2 is 1.87 bits per heavy atom. The van der Waals surface area contributed by atoms with Crippen LogP contribution >= 0.6 is 0 Å². The first kappa shape index (κ1) is 9.31. The second kappa shape index (κ2) is 4.31. The van der Waals surface area contributed by atoms with Crippen LogP contribution in [0, 0.1) is 0 Å². The molecule has 0 atom stereocenters. The second-order valence-corrected chi connectivity index (χ2v) is 2.96. The summed E-state index contributed by atoms with van der Waals surface area (Å²) in [7, 11) is 0. The highest BCUT2D eigenvalue weighted by Crippen LogP contribution is 2.19. The fourth-order valence-corrected chi connectivity index (χ4v) is 1.29. The van der Waals surface area contributed by atoms with Gasteiger partial charge in [-0.05, 0) is 24.3 Å². The molecule has 3 nitrogen and oxygen atoms in total. The van der Waals surface area contributed by atoms with Crippen LogP contribution in [0.15, 0.2) is 53.7 Å². The van der Waals surface area contributed by atoms with Gasteiger partial charge in [-0.3, -0.25) is 4.98 Å². The highest BCUT2D eigenvalue weighted by molar-refractivity contribution is 5.62. The smallest absolute Gasteiger partial charge is 0.240 e. The van der Waals surface area contributed by atoms with Crippen LogP contribution < -0.4 is 0 Å². The van der Waals surface area contributed by atoms with Crippen LogP contribution in [0.3, 0.4) is 0 Å². The van der Waals surface area contributed by atoms with Crippen molar-refractivity contribution in [3.8, 4) is 11.3 Å². The topological polar surface area (TPSA) is 42.3 Å². The molecule has 15 heavy (non-hydrogen) atoms. The van der Waals surface area contributed by atoms with Gasteiger partial charge in [-0.25, -0.2) is 4.79 Å². The molecule has 0 fully saturated rings. The van der Waals surface area contributed by atoms with Crippen LogP contribution in [-0.4, -0.2) is 11.1 Å². The lowest BCUT2D eigenvalue weighted by Crippen LogP contribution is -1.80. The highest BCUT2D eigenvalue weighted by atomic mass is 16.1. The average Bonchev–Trinajstić information content (AvgIpc) is 2.32. The van der Waals surface area contributed by atoms with Crippen molar-refractivity contribution < 1.29 is 4.79 Å². The molecule has 72 valence electrons. The second-order valence-electron chi connectivity index (χ2n) is 2.96. The van der Waals surface area contributed by atoms with E-state index in [1.165, 1.54) is 6.08 Å². The van der Waals surface area contributed by atoms with E-state index in [0.29, 0.717) is 5.69 Å². The van der Waals surface area contributed by atoms with E-state index in [4.69, 9.17) is 0 Å². The van der Waals surface area contributed by atoms with Crippen LogP contribution in [0.25, 0.3) is 11.3 Å². The van der Waals surface area contributed by atoms with Crippen molar-refractivity contribution >= 4 is 11.8 Å². The molecule has 0 unspecified atom stereocenters. The molecule has 2 aromatic rings. The summed E-state index contributed by atoms with van der Waals surface area (Å²) in [6.07, 6.45) is 3.25. The number of nitrogens with zero attached hydrogens (tertiary/aromatic N) is 2. The minimum Gasteiger partial charge on any atom is -0.256 e. The standard InChI is InChI=1S/C12H8N2O/c15-9-14-11-6-4-10(5-7-11)12-3-1-2-8-13-12/h1-8H. The molecule has 0 aliphatic rings. The Kier molecular flexibility index (Phi) is 2.68. The molecule has 0 spiro atoms. The summed E-state index contributed by atoms with van der Waals surface area (Å²) < 4.78 is 0. The van der Waals surface area contributed by atoms with E-state index < -0.39 is 0 Å². The van der Waals surface area contributed by atoms with Gasteiger partial charge in [0.25, 0.3) is 0 Å². The van der Waals surface area contributed by atoms with Gasteiger partial charge in [-0.15, -0.1) is 0 Å². The Balaban J connectivity index is 2.36. The van der Waals surface area contributed by atoms with Crippen LogP contribution in [0.1, 0.15) is 0 Å². The highest BCUT2D eigenvalue weighted by Gasteiger charge is 1.97. The van der Waals surface area contributed by atoms with Crippen molar-refractivity contribution in [2.24, 2.45) is 4.99 Å². The van der Waals surface area contributed by atoms with E-state index in [0.717, 1.165) is 11.3 Å². The largest absolute Gasteiger partial charge is 0.256 e. The molecule has 0 bridgehead atoms. The van der Waals surface area contributed by atoms with Gasteiger partial charge in [0.2, 0.25) is 6.08 Å². The maximum atomic E-state index is 10.0. The predicted molar refractivity (Wildman–Crippen MR) is 57.5 cm³/mol. The molecule has 1 heterocycles. The third-order valence-corrected chi connectivity index (χ3v) is 2.00. The lowest BCUT2D eigenvalue weighted by atomic mass is 10.1. The molecular weight excluding hydrogens is 188 g/mol. The van der Waals surface area contributed by atoms with Gasteiger partial charge < -0.3 is 0 Å². The molecule has 0 amide bonds. The van der Waals surface area contributed by atoms with Crippen LogP contribution in [0.4, 0.5) is 5.69 Å². The number of pyridine rings is 1. The van der Waals surface area contributed by atoms with E-state index in [-0.39, 0.29) is 0 Å². The Labute approximate surface area is 87.1 Å². The van der Waals surface area contributed by atoms with Crippen molar-refractivity contribution in [1.29, 1.82) is 0 Å². The minimum absolute atomic E-state index is 0.602. The van der Waals surface area contributed by atoms with E-state index >= 15 is 0 Å². The third-order valence-electron chi connectivity index (χ3n) is 2.00. The van der Waals surface area contributed by atoms with Crippen molar-refractivity contribution in [2.75, 3.05) is 0 Å². The normalized spacial score (nSPS) is 9.33.